The SMILES string of the molecule is C/C=C/C1CCC(C2CCC(CCC)CC2)CC1.C=CC1CCC(C2CCC(CCCCC)CC2)CC1.[HH].[HH].[HH].[HH]. The number of rotatable bonds is 10. The maximum Gasteiger partial charge on any atom is 0 e. The topological polar surface area (TPSA) is 0 Å². The highest BCUT2D eigenvalue weighted by molar-refractivity contribution is 4.91. The van der Waals surface area contributed by atoms with Crippen LogP contribution >= 0.6 is 0 Å². The predicted molar refractivity (Wildman–Crippen MR) is 174 cm³/mol. The first-order valence-corrected chi connectivity index (χ1v) is 17.4. The fourth-order valence-corrected chi connectivity index (χ4v) is 8.92. The van der Waals surface area contributed by atoms with E-state index in [0.29, 0.717) is 0 Å². The van der Waals surface area contributed by atoms with Crippen LogP contribution in [0.3, 0.4) is 0 Å². The van der Waals surface area contributed by atoms with Crippen LogP contribution < -0.4 is 0 Å². The zero-order valence-electron chi connectivity index (χ0n) is 25.6. The monoisotopic (exact) mass is 519 g/mol. The summed E-state index contributed by atoms with van der Waals surface area (Å²) in [5, 5.41) is 0. The van der Waals surface area contributed by atoms with Crippen molar-refractivity contribution in [1.82, 2.24) is 0 Å². The molecule has 4 aliphatic rings. The largest absolute Gasteiger partial charge is 0.103 e. The second-order valence-corrected chi connectivity index (χ2v) is 14.0. The highest BCUT2D eigenvalue weighted by atomic mass is 14.4. The van der Waals surface area contributed by atoms with E-state index in [1.807, 2.05) is 0 Å². The van der Waals surface area contributed by atoms with E-state index in [-0.39, 0.29) is 5.71 Å². The van der Waals surface area contributed by atoms with Gasteiger partial charge in [0.15, 0.2) is 0 Å². The van der Waals surface area contributed by atoms with Crippen LogP contribution in [0.1, 0.15) is 168 Å². The Labute approximate surface area is 239 Å². The zero-order valence-corrected chi connectivity index (χ0v) is 25.6. The summed E-state index contributed by atoms with van der Waals surface area (Å²) in [7, 11) is 0. The van der Waals surface area contributed by atoms with Gasteiger partial charge < -0.3 is 0 Å². The van der Waals surface area contributed by atoms with Crippen molar-refractivity contribution >= 4 is 0 Å². The van der Waals surface area contributed by atoms with Gasteiger partial charge in [0, 0.05) is 5.71 Å². The Balaban J connectivity index is 0. The standard InChI is InChI=1S/C19H34.C18H32.4H2/c1-3-5-6-7-17-10-14-19(15-11-17)18-12-8-16(4-2)9-13-18;1-3-5-15-7-11-17(12-8-15)18-13-9-16(6-4-2)10-14-18;;;;/h4,16-19H,2-3,5-15H2,1H3;3,5,15-18H,4,6-14H2,1-2H3;4*1H/b;5-3+;;;;. The summed E-state index contributed by atoms with van der Waals surface area (Å²) < 4.78 is 0. The third-order valence-corrected chi connectivity index (χ3v) is 11.5. The molecule has 4 saturated carbocycles. The number of allylic oxidation sites excluding steroid dienone is 3. The Morgan fingerprint density at radius 2 is 0.973 bits per heavy atom. The first-order valence-electron chi connectivity index (χ1n) is 17.4. The molecule has 222 valence electrons. The van der Waals surface area contributed by atoms with Crippen LogP contribution in [-0.4, -0.2) is 0 Å². The molecule has 0 radical (unpaired) electrons. The van der Waals surface area contributed by atoms with Gasteiger partial charge in [-0.1, -0.05) is 96.3 Å². The van der Waals surface area contributed by atoms with Gasteiger partial charge in [0.25, 0.3) is 0 Å². The zero-order chi connectivity index (χ0) is 26.3. The summed E-state index contributed by atoms with van der Waals surface area (Å²) >= 11 is 0. The molecule has 0 heterocycles. The van der Waals surface area contributed by atoms with Crippen molar-refractivity contribution in [2.75, 3.05) is 0 Å². The molecule has 4 fully saturated rings. The van der Waals surface area contributed by atoms with Gasteiger partial charge in [0.2, 0.25) is 0 Å². The second-order valence-electron chi connectivity index (χ2n) is 14.0. The maximum absolute atomic E-state index is 3.97. The fourth-order valence-electron chi connectivity index (χ4n) is 8.92. The highest BCUT2D eigenvalue weighted by Crippen LogP contribution is 2.43. The first kappa shape index (κ1) is 31.0. The third kappa shape index (κ3) is 10.9. The summed E-state index contributed by atoms with van der Waals surface area (Å²) in [4.78, 5) is 0. The average Bonchev–Trinajstić information content (AvgIpc) is 2.95. The van der Waals surface area contributed by atoms with E-state index in [1.54, 1.807) is 25.7 Å². The predicted octanol–water partition coefficient (Wildman–Crippen LogP) is 13.3. The van der Waals surface area contributed by atoms with Crippen molar-refractivity contribution in [2.24, 2.45) is 47.3 Å². The van der Waals surface area contributed by atoms with E-state index in [2.05, 4.69) is 45.6 Å². The highest BCUT2D eigenvalue weighted by Gasteiger charge is 2.31. The molecule has 0 aromatic carbocycles. The Hall–Kier alpha value is -0.520. The molecule has 4 aliphatic carbocycles. The molecule has 0 atom stereocenters. The Kier molecular flexibility index (Phi) is 15.0. The Morgan fingerprint density at radius 3 is 1.38 bits per heavy atom. The van der Waals surface area contributed by atoms with Crippen LogP contribution in [0.25, 0.3) is 0 Å². The average molecular weight is 519 g/mol. The van der Waals surface area contributed by atoms with Gasteiger partial charge in [-0.15, -0.1) is 6.58 Å². The third-order valence-electron chi connectivity index (χ3n) is 11.5. The van der Waals surface area contributed by atoms with Crippen LogP contribution in [0.15, 0.2) is 24.8 Å². The van der Waals surface area contributed by atoms with Crippen LogP contribution in [0, 0.1) is 47.3 Å². The van der Waals surface area contributed by atoms with Gasteiger partial charge >= 0.3 is 0 Å². The van der Waals surface area contributed by atoms with Crippen molar-refractivity contribution < 1.29 is 5.71 Å². The normalized spacial score (nSPS) is 37.1. The first-order chi connectivity index (χ1) is 18.2. The molecule has 0 nitrogen and oxygen atoms in total. The van der Waals surface area contributed by atoms with Crippen LogP contribution in [0.5, 0.6) is 0 Å². The van der Waals surface area contributed by atoms with Gasteiger partial charge in [-0.3, -0.25) is 0 Å². The van der Waals surface area contributed by atoms with Gasteiger partial charge in [0.1, 0.15) is 0 Å². The minimum absolute atomic E-state index is 0. The van der Waals surface area contributed by atoms with E-state index in [1.165, 1.54) is 116 Å². The summed E-state index contributed by atoms with van der Waals surface area (Å²) in [6.45, 7) is 10.8. The molecule has 0 amide bonds. The van der Waals surface area contributed by atoms with E-state index in [0.717, 1.165) is 47.3 Å². The van der Waals surface area contributed by atoms with Crippen molar-refractivity contribution in [2.45, 2.75) is 162 Å². The van der Waals surface area contributed by atoms with Crippen molar-refractivity contribution in [1.29, 1.82) is 0 Å². The van der Waals surface area contributed by atoms with Gasteiger partial charge in [-0.25, -0.2) is 0 Å². The quantitative estimate of drug-likeness (QED) is 0.199. The lowest BCUT2D eigenvalue weighted by Crippen LogP contribution is -2.25. The van der Waals surface area contributed by atoms with E-state index >= 15 is 0 Å². The lowest BCUT2D eigenvalue weighted by molar-refractivity contribution is 0.151. The molecule has 0 N–H and O–H groups in total. The Bertz CT molecular complexity index is 602. The number of hydrogen-bond acceptors (Lipinski definition) is 0. The summed E-state index contributed by atoms with van der Waals surface area (Å²) in [6, 6.07) is 0. The van der Waals surface area contributed by atoms with Gasteiger partial charge in [-0.2, -0.15) is 0 Å². The minimum atomic E-state index is 0. The lowest BCUT2D eigenvalue weighted by atomic mass is 9.68. The second kappa shape index (κ2) is 17.9. The van der Waals surface area contributed by atoms with Crippen molar-refractivity contribution in [3.63, 3.8) is 0 Å². The van der Waals surface area contributed by atoms with E-state index in [4.69, 9.17) is 0 Å². The molecule has 0 aromatic rings. The molecule has 0 spiro atoms. The number of hydrogen-bond donors (Lipinski definition) is 0. The van der Waals surface area contributed by atoms with E-state index < -0.39 is 0 Å². The molecular weight excluding hydrogens is 444 g/mol. The van der Waals surface area contributed by atoms with Crippen LogP contribution in [0.4, 0.5) is 0 Å². The number of unbranched alkanes of at least 4 members (excludes halogenated alkanes) is 2. The fraction of sp³-hybridized carbons (Fsp3) is 0.892. The van der Waals surface area contributed by atoms with Crippen molar-refractivity contribution in [3.8, 4) is 0 Å². The summed E-state index contributed by atoms with van der Waals surface area (Å²) in [5.74, 6) is 8.20. The van der Waals surface area contributed by atoms with Crippen LogP contribution in [-0.2, 0) is 0 Å². The van der Waals surface area contributed by atoms with Gasteiger partial charge in [-0.05, 0) is 131 Å². The smallest absolute Gasteiger partial charge is 0 e. The molecule has 0 aliphatic heterocycles. The van der Waals surface area contributed by atoms with E-state index in [9.17, 15) is 0 Å². The molecule has 0 heteroatoms. The van der Waals surface area contributed by atoms with Crippen molar-refractivity contribution in [3.05, 3.63) is 24.8 Å². The molecular formula is C37H74. The minimum Gasteiger partial charge on any atom is -0.103 e. The van der Waals surface area contributed by atoms with Gasteiger partial charge in [0.05, 0.1) is 0 Å². The molecule has 37 heavy (non-hydrogen) atoms. The lowest BCUT2D eigenvalue weighted by Gasteiger charge is -2.37. The molecule has 0 aromatic heterocycles. The van der Waals surface area contributed by atoms with Crippen LogP contribution in [0.2, 0.25) is 0 Å². The summed E-state index contributed by atoms with van der Waals surface area (Å²) in [5.41, 5.74) is 0. The summed E-state index contributed by atoms with van der Waals surface area (Å²) in [6.07, 6.45) is 39.7. The maximum atomic E-state index is 3.97. The molecule has 0 saturated heterocycles. The molecule has 0 unspecified atom stereocenters. The molecule has 4 rings (SSSR count). The Morgan fingerprint density at radius 1 is 0.541 bits per heavy atom. The molecule has 0 bridgehead atoms.